The summed E-state index contributed by atoms with van der Waals surface area (Å²) in [6, 6.07) is -1.15. The second kappa shape index (κ2) is 5.43. The minimum Gasteiger partial charge on any atom is -0.326 e. The highest BCUT2D eigenvalue weighted by Crippen LogP contribution is 2.19. The van der Waals surface area contributed by atoms with Crippen LogP contribution in [-0.4, -0.2) is 34.7 Å². The lowest BCUT2D eigenvalue weighted by atomic mass is 9.97. The van der Waals surface area contributed by atoms with E-state index in [1.807, 2.05) is 40.9 Å². The van der Waals surface area contributed by atoms with E-state index in [9.17, 15) is 9.59 Å². The van der Waals surface area contributed by atoms with Crippen molar-refractivity contribution in [2.75, 3.05) is 0 Å². The lowest BCUT2D eigenvalue weighted by Crippen LogP contribution is -2.57. The van der Waals surface area contributed by atoms with Gasteiger partial charge in [0.1, 0.15) is 0 Å². The largest absolute Gasteiger partial charge is 0.326 e. The van der Waals surface area contributed by atoms with Gasteiger partial charge in [0, 0.05) is 5.54 Å². The number of nitrogens with two attached hydrogens (primary N) is 1. The van der Waals surface area contributed by atoms with Crippen molar-refractivity contribution in [3.63, 3.8) is 0 Å². The standard InChI is InChI=1S/C12H23N2O2/c1-8(2)10(13)11(16)14(9(3)7-15)12(4,5)6/h8-10H,13H2,1-6H3/t9-,10-/m0/s1. The first-order valence-corrected chi connectivity index (χ1v) is 5.59. The Kier molecular flexibility index (Phi) is 5.13. The quantitative estimate of drug-likeness (QED) is 0.782. The molecule has 0 aliphatic rings. The maximum atomic E-state index is 12.2. The molecule has 0 bridgehead atoms. The average molecular weight is 227 g/mol. The van der Waals surface area contributed by atoms with Gasteiger partial charge < -0.3 is 10.6 Å². The topological polar surface area (TPSA) is 63.4 Å². The fourth-order valence-corrected chi connectivity index (χ4v) is 1.60. The summed E-state index contributed by atoms with van der Waals surface area (Å²) in [4.78, 5) is 24.4. The van der Waals surface area contributed by atoms with Crippen LogP contribution in [0.4, 0.5) is 0 Å². The molecule has 0 aromatic rings. The van der Waals surface area contributed by atoms with Crippen LogP contribution < -0.4 is 5.73 Å². The van der Waals surface area contributed by atoms with E-state index in [0.29, 0.717) is 0 Å². The molecule has 16 heavy (non-hydrogen) atoms. The number of hydrogen-bond donors (Lipinski definition) is 1. The molecule has 0 saturated heterocycles. The molecule has 4 nitrogen and oxygen atoms in total. The SMILES string of the molecule is CC(C)[C@H](N)C(=O)N([C@@H](C)[C]=O)C(C)(C)C. The molecule has 0 aromatic heterocycles. The first-order valence-electron chi connectivity index (χ1n) is 5.59. The lowest BCUT2D eigenvalue weighted by Gasteiger charge is -2.40. The van der Waals surface area contributed by atoms with Crippen molar-refractivity contribution in [1.29, 1.82) is 0 Å². The summed E-state index contributed by atoms with van der Waals surface area (Å²) in [5.41, 5.74) is 5.40. The summed E-state index contributed by atoms with van der Waals surface area (Å²) in [6.45, 7) is 11.1. The van der Waals surface area contributed by atoms with Gasteiger partial charge in [0.05, 0.1) is 12.1 Å². The minimum atomic E-state index is -0.574. The summed E-state index contributed by atoms with van der Waals surface area (Å²) in [5.74, 6) is -0.144. The second-order valence-electron chi connectivity index (χ2n) is 5.44. The fraction of sp³-hybridized carbons (Fsp3) is 0.833. The first-order chi connectivity index (χ1) is 7.12. The third-order valence-corrected chi connectivity index (χ3v) is 2.52. The molecule has 0 aliphatic carbocycles. The van der Waals surface area contributed by atoms with Gasteiger partial charge in [-0.3, -0.25) is 9.59 Å². The maximum absolute atomic E-state index is 12.2. The van der Waals surface area contributed by atoms with E-state index in [2.05, 4.69) is 0 Å². The van der Waals surface area contributed by atoms with Crippen LogP contribution in [0.25, 0.3) is 0 Å². The Labute approximate surface area is 98.2 Å². The Balaban J connectivity index is 5.06. The smallest absolute Gasteiger partial charge is 0.240 e. The van der Waals surface area contributed by atoms with Gasteiger partial charge in [0.2, 0.25) is 12.2 Å². The Morgan fingerprint density at radius 3 is 1.94 bits per heavy atom. The number of carbonyl (C=O) groups excluding carboxylic acids is 2. The van der Waals surface area contributed by atoms with Gasteiger partial charge in [-0.05, 0) is 33.6 Å². The van der Waals surface area contributed by atoms with Gasteiger partial charge in [-0.1, -0.05) is 13.8 Å². The molecule has 0 heterocycles. The summed E-state index contributed by atoms with van der Waals surface area (Å²) >= 11 is 0. The third kappa shape index (κ3) is 3.59. The molecule has 0 spiro atoms. The van der Waals surface area contributed by atoms with Crippen molar-refractivity contribution in [3.8, 4) is 0 Å². The van der Waals surface area contributed by atoms with Crippen LogP contribution in [0.15, 0.2) is 0 Å². The fourth-order valence-electron chi connectivity index (χ4n) is 1.60. The van der Waals surface area contributed by atoms with Gasteiger partial charge in [0.25, 0.3) is 0 Å². The second-order valence-corrected chi connectivity index (χ2v) is 5.44. The molecule has 0 aliphatic heterocycles. The van der Waals surface area contributed by atoms with Crippen LogP contribution in [0, 0.1) is 5.92 Å². The maximum Gasteiger partial charge on any atom is 0.240 e. The number of hydrogen-bond acceptors (Lipinski definition) is 3. The zero-order valence-corrected chi connectivity index (χ0v) is 11.1. The minimum absolute atomic E-state index is 0.0520. The molecule has 0 aromatic carbocycles. The summed E-state index contributed by atoms with van der Waals surface area (Å²) in [5, 5.41) is 0. The molecule has 0 saturated carbocycles. The van der Waals surface area contributed by atoms with Crippen LogP contribution in [0.5, 0.6) is 0 Å². The van der Waals surface area contributed by atoms with Crippen LogP contribution >= 0.6 is 0 Å². The van der Waals surface area contributed by atoms with Crippen LogP contribution in [0.2, 0.25) is 0 Å². The lowest BCUT2D eigenvalue weighted by molar-refractivity contribution is -0.139. The predicted molar refractivity (Wildman–Crippen MR) is 64.6 cm³/mol. The molecule has 93 valence electrons. The van der Waals surface area contributed by atoms with Gasteiger partial charge in [-0.15, -0.1) is 0 Å². The zero-order chi connectivity index (χ0) is 13.1. The molecule has 4 heteroatoms. The Bertz CT molecular complexity index is 256. The molecular formula is C12H23N2O2. The summed E-state index contributed by atoms with van der Waals surface area (Å²) < 4.78 is 0. The molecule has 2 atom stereocenters. The number of rotatable bonds is 4. The van der Waals surface area contributed by atoms with Gasteiger partial charge in [-0.2, -0.15) is 0 Å². The van der Waals surface area contributed by atoms with Crippen molar-refractivity contribution in [3.05, 3.63) is 0 Å². The predicted octanol–water partition coefficient (Wildman–Crippen LogP) is 1.09. The van der Waals surface area contributed by atoms with Crippen molar-refractivity contribution < 1.29 is 9.59 Å². The molecule has 0 unspecified atom stereocenters. The van der Waals surface area contributed by atoms with Crippen molar-refractivity contribution in [2.45, 2.75) is 59.2 Å². The number of nitrogens with zero attached hydrogens (tertiary/aromatic N) is 1. The van der Waals surface area contributed by atoms with E-state index in [1.165, 1.54) is 4.90 Å². The monoisotopic (exact) mass is 227 g/mol. The molecule has 0 fully saturated rings. The van der Waals surface area contributed by atoms with Crippen molar-refractivity contribution in [1.82, 2.24) is 4.90 Å². The Hall–Kier alpha value is -0.900. The highest BCUT2D eigenvalue weighted by Gasteiger charge is 2.34. The first kappa shape index (κ1) is 15.1. The highest BCUT2D eigenvalue weighted by atomic mass is 16.2. The van der Waals surface area contributed by atoms with Gasteiger partial charge in [0.15, 0.2) is 0 Å². The molecule has 2 N–H and O–H groups in total. The molecule has 1 amide bonds. The summed E-state index contributed by atoms with van der Waals surface area (Å²) in [6.07, 6.45) is 1.85. The van der Waals surface area contributed by atoms with E-state index in [1.54, 1.807) is 6.92 Å². The van der Waals surface area contributed by atoms with Crippen molar-refractivity contribution >= 4 is 12.2 Å². The summed E-state index contributed by atoms with van der Waals surface area (Å²) in [7, 11) is 0. The van der Waals surface area contributed by atoms with E-state index in [0.717, 1.165) is 0 Å². The van der Waals surface area contributed by atoms with E-state index < -0.39 is 17.6 Å². The molecule has 0 rings (SSSR count). The molecular weight excluding hydrogens is 204 g/mol. The Morgan fingerprint density at radius 1 is 1.25 bits per heavy atom. The zero-order valence-electron chi connectivity index (χ0n) is 11.1. The normalized spacial score (nSPS) is 15.8. The number of carbonyl (C=O) groups is 1. The molecule has 1 radical (unpaired) electrons. The third-order valence-electron chi connectivity index (χ3n) is 2.52. The Morgan fingerprint density at radius 2 is 1.69 bits per heavy atom. The van der Waals surface area contributed by atoms with Gasteiger partial charge in [-0.25, -0.2) is 0 Å². The van der Waals surface area contributed by atoms with Crippen LogP contribution in [0.3, 0.4) is 0 Å². The highest BCUT2D eigenvalue weighted by molar-refractivity contribution is 5.85. The van der Waals surface area contributed by atoms with Gasteiger partial charge >= 0.3 is 0 Å². The van der Waals surface area contributed by atoms with Crippen molar-refractivity contribution in [2.24, 2.45) is 11.7 Å². The van der Waals surface area contributed by atoms with E-state index in [-0.39, 0.29) is 11.8 Å². The van der Waals surface area contributed by atoms with Crippen LogP contribution in [-0.2, 0) is 9.59 Å². The number of amides is 1. The average Bonchev–Trinajstić information content (AvgIpc) is 2.13. The van der Waals surface area contributed by atoms with E-state index in [4.69, 9.17) is 5.73 Å². The van der Waals surface area contributed by atoms with E-state index >= 15 is 0 Å². The van der Waals surface area contributed by atoms with Crippen LogP contribution in [0.1, 0.15) is 41.5 Å².